The van der Waals surface area contributed by atoms with Gasteiger partial charge in [-0.05, 0) is 55.3 Å². The summed E-state index contributed by atoms with van der Waals surface area (Å²) in [5.41, 5.74) is 2.58. The third-order valence-corrected chi connectivity index (χ3v) is 4.15. The number of imidazole rings is 1. The van der Waals surface area contributed by atoms with Gasteiger partial charge < -0.3 is 0 Å². The lowest BCUT2D eigenvalue weighted by atomic mass is 10.2. The quantitative estimate of drug-likeness (QED) is 0.736. The highest BCUT2D eigenvalue weighted by molar-refractivity contribution is 7.97. The van der Waals surface area contributed by atoms with Crippen LogP contribution in [-0.2, 0) is 0 Å². The molecule has 0 fully saturated rings. The van der Waals surface area contributed by atoms with Crippen molar-refractivity contribution in [2.24, 2.45) is 0 Å². The lowest BCUT2D eigenvalue weighted by molar-refractivity contribution is 0.629. The number of nitrogens with zero attached hydrogens (tertiary/aromatic N) is 2. The van der Waals surface area contributed by atoms with E-state index in [9.17, 15) is 4.39 Å². The van der Waals surface area contributed by atoms with E-state index < -0.39 is 0 Å². The highest BCUT2D eigenvalue weighted by Gasteiger charge is 2.10. The smallest absolute Gasteiger partial charge is 0.125 e. The summed E-state index contributed by atoms with van der Waals surface area (Å²) in [6.45, 7) is 4.91. The van der Waals surface area contributed by atoms with Crippen molar-refractivity contribution in [2.45, 2.75) is 18.7 Å². The molecule has 0 radical (unpaired) electrons. The van der Waals surface area contributed by atoms with Gasteiger partial charge in [-0.15, -0.1) is 0 Å². The Hall–Kier alpha value is -1.85. The maximum atomic E-state index is 13.5. The predicted molar refractivity (Wildman–Crippen MR) is 85.3 cm³/mol. The fourth-order valence-corrected chi connectivity index (χ4v) is 2.90. The number of fused-ring (bicyclic) bond motifs is 1. The lowest BCUT2D eigenvalue weighted by Gasteiger charge is -2.08. The van der Waals surface area contributed by atoms with Crippen LogP contribution in [0.4, 0.5) is 4.39 Å². The predicted octanol–water partition coefficient (Wildman–Crippen LogP) is 4.09. The molecule has 1 heterocycles. The van der Waals surface area contributed by atoms with Crippen LogP contribution in [0, 0.1) is 12.7 Å². The molecule has 0 aliphatic rings. The molecule has 2 aromatic carbocycles. The molecule has 0 aliphatic heterocycles. The zero-order valence-electron chi connectivity index (χ0n) is 11.9. The van der Waals surface area contributed by atoms with E-state index in [4.69, 9.17) is 0 Å². The minimum atomic E-state index is -0.247. The zero-order chi connectivity index (χ0) is 14.8. The minimum absolute atomic E-state index is 0.247. The summed E-state index contributed by atoms with van der Waals surface area (Å²) in [4.78, 5) is 5.63. The second-order valence-corrected chi connectivity index (χ2v) is 5.69. The third-order valence-electron chi connectivity index (χ3n) is 3.21. The van der Waals surface area contributed by atoms with E-state index in [1.165, 1.54) is 12.1 Å². The fourth-order valence-electron chi connectivity index (χ4n) is 2.31. The molecule has 0 unspecified atom stereocenters. The van der Waals surface area contributed by atoms with E-state index >= 15 is 0 Å². The number of nitrogens with one attached hydrogen (secondary N) is 1. The maximum Gasteiger partial charge on any atom is 0.125 e. The molecule has 3 nitrogen and oxygen atoms in total. The van der Waals surface area contributed by atoms with Crippen molar-refractivity contribution in [2.75, 3.05) is 6.54 Å². The summed E-state index contributed by atoms with van der Waals surface area (Å²) in [5.74, 6) is 0.602. The number of hydrogen-bond donors (Lipinski definition) is 1. The van der Waals surface area contributed by atoms with E-state index in [1.54, 1.807) is 18.0 Å². The number of aryl methyl sites for hydroxylation is 1. The van der Waals surface area contributed by atoms with E-state index in [0.717, 1.165) is 34.0 Å². The van der Waals surface area contributed by atoms with E-state index in [0.29, 0.717) is 0 Å². The highest BCUT2D eigenvalue weighted by atomic mass is 32.2. The second-order valence-electron chi connectivity index (χ2n) is 4.72. The van der Waals surface area contributed by atoms with Crippen LogP contribution in [0.2, 0.25) is 0 Å². The molecule has 0 amide bonds. The Bertz CT molecular complexity index is 765. The molecule has 108 valence electrons. The van der Waals surface area contributed by atoms with Crippen molar-refractivity contribution in [3.63, 3.8) is 0 Å². The second kappa shape index (κ2) is 5.87. The summed E-state index contributed by atoms with van der Waals surface area (Å²) < 4.78 is 18.7. The average molecular weight is 301 g/mol. The largest absolute Gasteiger partial charge is 0.296 e. The molecule has 5 heteroatoms. The molecule has 0 spiro atoms. The van der Waals surface area contributed by atoms with E-state index in [2.05, 4.69) is 16.6 Å². The van der Waals surface area contributed by atoms with Crippen LogP contribution in [0.15, 0.2) is 47.4 Å². The normalized spacial score (nSPS) is 11.2. The standard InChI is InChI=1S/C16H16FN3S/c1-3-18-21-14-7-5-13(6-8-14)20-11(2)19-15-9-4-12(17)10-16(15)20/h4-10,18H,3H2,1-2H3. The van der Waals surface area contributed by atoms with Crippen molar-refractivity contribution in [1.29, 1.82) is 0 Å². The third kappa shape index (κ3) is 2.80. The molecule has 0 aliphatic carbocycles. The lowest BCUT2D eigenvalue weighted by Crippen LogP contribution is -2.00. The molecule has 0 saturated carbocycles. The first kappa shape index (κ1) is 14.1. The molecule has 0 atom stereocenters. The van der Waals surface area contributed by atoms with Gasteiger partial charge in [0.2, 0.25) is 0 Å². The Kier molecular flexibility index (Phi) is 3.94. The number of aromatic nitrogens is 2. The van der Waals surface area contributed by atoms with Crippen LogP contribution in [0.1, 0.15) is 12.7 Å². The maximum absolute atomic E-state index is 13.5. The van der Waals surface area contributed by atoms with Crippen molar-refractivity contribution < 1.29 is 4.39 Å². The van der Waals surface area contributed by atoms with Crippen LogP contribution >= 0.6 is 11.9 Å². The van der Waals surface area contributed by atoms with Gasteiger partial charge >= 0.3 is 0 Å². The first-order valence-corrected chi connectivity index (χ1v) is 7.65. The first-order chi connectivity index (χ1) is 10.2. The van der Waals surface area contributed by atoms with Crippen molar-refractivity contribution in [3.05, 3.63) is 54.1 Å². The number of benzene rings is 2. The summed E-state index contributed by atoms with van der Waals surface area (Å²) in [7, 11) is 0. The zero-order valence-corrected chi connectivity index (χ0v) is 12.7. The monoisotopic (exact) mass is 301 g/mol. The van der Waals surface area contributed by atoms with E-state index in [1.807, 2.05) is 35.8 Å². The molecular formula is C16H16FN3S. The number of hydrogen-bond acceptors (Lipinski definition) is 3. The van der Waals surface area contributed by atoms with Crippen LogP contribution in [0.5, 0.6) is 0 Å². The van der Waals surface area contributed by atoms with Gasteiger partial charge in [-0.1, -0.05) is 6.92 Å². The Labute approximate surface area is 127 Å². The van der Waals surface area contributed by atoms with Gasteiger partial charge in [0.1, 0.15) is 11.6 Å². The summed E-state index contributed by atoms with van der Waals surface area (Å²) in [6.07, 6.45) is 0. The van der Waals surface area contributed by atoms with Crippen molar-refractivity contribution in [1.82, 2.24) is 14.3 Å². The average Bonchev–Trinajstić information content (AvgIpc) is 2.81. The van der Waals surface area contributed by atoms with E-state index in [-0.39, 0.29) is 5.82 Å². The summed E-state index contributed by atoms with van der Waals surface area (Å²) >= 11 is 1.60. The number of rotatable bonds is 4. The van der Waals surface area contributed by atoms with Crippen LogP contribution in [-0.4, -0.2) is 16.1 Å². The van der Waals surface area contributed by atoms with Gasteiger partial charge in [-0.3, -0.25) is 9.29 Å². The molecule has 0 saturated heterocycles. The van der Waals surface area contributed by atoms with Crippen molar-refractivity contribution >= 4 is 23.0 Å². The van der Waals surface area contributed by atoms with Gasteiger partial charge in [0, 0.05) is 23.2 Å². The minimum Gasteiger partial charge on any atom is -0.296 e. The van der Waals surface area contributed by atoms with Crippen LogP contribution < -0.4 is 4.72 Å². The van der Waals surface area contributed by atoms with Gasteiger partial charge in [0.15, 0.2) is 0 Å². The van der Waals surface area contributed by atoms with Gasteiger partial charge in [-0.2, -0.15) is 0 Å². The SMILES string of the molecule is CCNSc1ccc(-n2c(C)nc3ccc(F)cc32)cc1. The van der Waals surface area contributed by atoms with Crippen LogP contribution in [0.3, 0.4) is 0 Å². The molecule has 1 N–H and O–H groups in total. The summed E-state index contributed by atoms with van der Waals surface area (Å²) in [5, 5.41) is 0. The van der Waals surface area contributed by atoms with Crippen LogP contribution in [0.25, 0.3) is 16.7 Å². The highest BCUT2D eigenvalue weighted by Crippen LogP contribution is 2.24. The number of halogens is 1. The molecule has 1 aromatic heterocycles. The molecule has 3 aromatic rings. The topological polar surface area (TPSA) is 29.9 Å². The molecule has 21 heavy (non-hydrogen) atoms. The van der Waals surface area contributed by atoms with Gasteiger partial charge in [-0.25, -0.2) is 9.37 Å². The van der Waals surface area contributed by atoms with Gasteiger partial charge in [0.05, 0.1) is 11.0 Å². The Morgan fingerprint density at radius 1 is 1.19 bits per heavy atom. The molecule has 0 bridgehead atoms. The molecular weight excluding hydrogens is 285 g/mol. The van der Waals surface area contributed by atoms with Crippen molar-refractivity contribution in [3.8, 4) is 5.69 Å². The summed E-state index contributed by atoms with van der Waals surface area (Å²) in [6, 6.07) is 12.8. The Balaban J connectivity index is 2.03. The molecule has 3 rings (SSSR count). The first-order valence-electron chi connectivity index (χ1n) is 6.84. The fraction of sp³-hybridized carbons (Fsp3) is 0.188. The van der Waals surface area contributed by atoms with Gasteiger partial charge in [0.25, 0.3) is 0 Å². The Morgan fingerprint density at radius 3 is 2.67 bits per heavy atom. The Morgan fingerprint density at radius 2 is 1.95 bits per heavy atom.